The Morgan fingerprint density at radius 3 is 2.18 bits per heavy atom. The third kappa shape index (κ3) is 4.36. The highest BCUT2D eigenvalue weighted by Gasteiger charge is 2.32. The summed E-state index contributed by atoms with van der Waals surface area (Å²) in [6.45, 7) is 0.351. The van der Waals surface area contributed by atoms with Crippen molar-refractivity contribution in [3.05, 3.63) is 74.4 Å². The lowest BCUT2D eigenvalue weighted by molar-refractivity contribution is -0.137. The van der Waals surface area contributed by atoms with E-state index in [4.69, 9.17) is 40.1 Å². The quantitative estimate of drug-likeness (QED) is 0.510. The van der Waals surface area contributed by atoms with Crippen LogP contribution in [0.5, 0.6) is 0 Å². The van der Waals surface area contributed by atoms with Crippen LogP contribution in [0.15, 0.2) is 42.5 Å². The van der Waals surface area contributed by atoms with Crippen molar-refractivity contribution < 1.29 is 13.2 Å². The molecule has 28 heavy (non-hydrogen) atoms. The summed E-state index contributed by atoms with van der Waals surface area (Å²) in [5.74, 6) is 0.343. The summed E-state index contributed by atoms with van der Waals surface area (Å²) in [5.41, 5.74) is -0.00284. The normalized spacial score (nSPS) is 11.3. The molecule has 2 aromatic carbocycles. The molecule has 1 N–H and O–H groups in total. The fourth-order valence-electron chi connectivity index (χ4n) is 2.46. The molecule has 1 heterocycles. The smallest absolute Gasteiger partial charge is 0.366 e. The molecule has 0 aliphatic carbocycles. The van der Waals surface area contributed by atoms with Crippen LogP contribution in [0, 0.1) is 11.3 Å². The summed E-state index contributed by atoms with van der Waals surface area (Å²) in [6, 6.07) is 11.9. The van der Waals surface area contributed by atoms with Crippen LogP contribution in [0.25, 0.3) is 5.69 Å². The number of nitriles is 1. The van der Waals surface area contributed by atoms with Crippen LogP contribution in [0.2, 0.25) is 15.1 Å². The number of hydrogen-bond donors (Lipinski definition) is 1. The lowest BCUT2D eigenvalue weighted by Crippen LogP contribution is -2.10. The Balaban J connectivity index is 1.99. The van der Waals surface area contributed by atoms with Crippen LogP contribution in [0.4, 0.5) is 19.0 Å². The zero-order valence-corrected chi connectivity index (χ0v) is 16.1. The molecule has 3 rings (SSSR count). The number of alkyl halides is 3. The number of hydrogen-bond acceptors (Lipinski definition) is 3. The number of nitrogens with zero attached hydrogens (tertiary/aromatic N) is 3. The third-order valence-electron chi connectivity index (χ3n) is 3.77. The van der Waals surface area contributed by atoms with Gasteiger partial charge in [-0.1, -0.05) is 46.9 Å². The number of halogens is 6. The molecule has 0 bridgehead atoms. The van der Waals surface area contributed by atoms with Crippen molar-refractivity contribution in [3.8, 4) is 11.8 Å². The minimum Gasteiger partial charge on any atom is -0.366 e. The van der Waals surface area contributed by atoms with Gasteiger partial charge in [0, 0.05) is 17.6 Å². The number of nitrogens with one attached hydrogen (secondary N) is 1. The molecule has 0 spiro atoms. The van der Waals surface area contributed by atoms with Gasteiger partial charge in [-0.3, -0.25) is 0 Å². The molecule has 0 amide bonds. The minimum atomic E-state index is -4.59. The molecule has 0 aliphatic heterocycles. The van der Waals surface area contributed by atoms with Gasteiger partial charge in [0.2, 0.25) is 0 Å². The van der Waals surface area contributed by atoms with Gasteiger partial charge < -0.3 is 5.32 Å². The van der Waals surface area contributed by atoms with Crippen molar-refractivity contribution >= 4 is 40.6 Å². The minimum absolute atomic E-state index is 0.0384. The second kappa shape index (κ2) is 7.92. The van der Waals surface area contributed by atoms with E-state index in [0.717, 1.165) is 17.7 Å². The molecule has 4 nitrogen and oxygen atoms in total. The predicted molar refractivity (Wildman–Crippen MR) is 102 cm³/mol. The molecule has 0 saturated carbocycles. The molecule has 0 unspecified atom stereocenters. The molecule has 3 aromatic rings. The van der Waals surface area contributed by atoms with Gasteiger partial charge in [-0.15, -0.1) is 0 Å². The Labute approximate surface area is 173 Å². The molecule has 0 fully saturated rings. The molecule has 1 aromatic heterocycles. The van der Waals surface area contributed by atoms with Crippen LogP contribution >= 0.6 is 34.8 Å². The second-order valence-corrected chi connectivity index (χ2v) is 6.96. The Morgan fingerprint density at radius 1 is 1.04 bits per heavy atom. The van der Waals surface area contributed by atoms with E-state index < -0.39 is 11.7 Å². The summed E-state index contributed by atoms with van der Waals surface area (Å²) in [7, 11) is 0. The van der Waals surface area contributed by atoms with Crippen LogP contribution < -0.4 is 5.32 Å². The van der Waals surface area contributed by atoms with E-state index in [1.54, 1.807) is 24.3 Å². The number of benzene rings is 2. The van der Waals surface area contributed by atoms with Crippen molar-refractivity contribution in [1.82, 2.24) is 9.78 Å². The molecular weight excluding hydrogens is 436 g/mol. The number of anilines is 1. The Hall–Kier alpha value is -2.40. The maximum Gasteiger partial charge on any atom is 0.416 e. The Bertz CT molecular complexity index is 1030. The van der Waals surface area contributed by atoms with E-state index in [1.807, 2.05) is 6.07 Å². The zero-order chi connectivity index (χ0) is 20.5. The summed E-state index contributed by atoms with van der Waals surface area (Å²) in [5, 5.41) is 16.4. The van der Waals surface area contributed by atoms with Crippen molar-refractivity contribution in [3.63, 3.8) is 0 Å². The van der Waals surface area contributed by atoms with Gasteiger partial charge >= 0.3 is 6.18 Å². The third-order valence-corrected chi connectivity index (χ3v) is 4.60. The van der Waals surface area contributed by atoms with Gasteiger partial charge in [0.05, 0.1) is 15.6 Å². The van der Waals surface area contributed by atoms with Gasteiger partial charge in [-0.05, 0) is 29.8 Å². The standard InChI is InChI=1S/C18H10Cl3F3N4/c19-12-3-1-10(2-4-12)9-26-16-7-13(8-25)27-28(16)17-14(20)5-11(6-15(17)21)18(22,23)24/h1-7,26H,9H2. The summed E-state index contributed by atoms with van der Waals surface area (Å²) in [6.07, 6.45) is -4.59. The van der Waals surface area contributed by atoms with Crippen molar-refractivity contribution in [1.29, 1.82) is 5.26 Å². The van der Waals surface area contributed by atoms with Crippen molar-refractivity contribution in [2.24, 2.45) is 0 Å². The molecular formula is C18H10Cl3F3N4. The molecule has 0 radical (unpaired) electrons. The Kier molecular flexibility index (Phi) is 5.75. The molecule has 0 atom stereocenters. The summed E-state index contributed by atoms with van der Waals surface area (Å²) >= 11 is 18.0. The van der Waals surface area contributed by atoms with Gasteiger partial charge in [-0.2, -0.15) is 23.5 Å². The van der Waals surface area contributed by atoms with Gasteiger partial charge in [-0.25, -0.2) is 4.68 Å². The summed E-state index contributed by atoms with van der Waals surface area (Å²) in [4.78, 5) is 0. The second-order valence-electron chi connectivity index (χ2n) is 5.70. The van der Waals surface area contributed by atoms with E-state index in [0.29, 0.717) is 17.4 Å². The van der Waals surface area contributed by atoms with Gasteiger partial charge in [0.25, 0.3) is 0 Å². The maximum absolute atomic E-state index is 13.0. The lowest BCUT2D eigenvalue weighted by Gasteiger charge is -2.15. The highest BCUT2D eigenvalue weighted by atomic mass is 35.5. The van der Waals surface area contributed by atoms with Crippen LogP contribution in [0.1, 0.15) is 16.8 Å². The fourth-order valence-corrected chi connectivity index (χ4v) is 3.23. The number of rotatable bonds is 4. The van der Waals surface area contributed by atoms with E-state index >= 15 is 0 Å². The first-order chi connectivity index (χ1) is 13.2. The van der Waals surface area contributed by atoms with Crippen molar-refractivity contribution in [2.75, 3.05) is 5.32 Å². The fraction of sp³-hybridized carbons (Fsp3) is 0.111. The molecule has 144 valence electrons. The average Bonchev–Trinajstić information content (AvgIpc) is 3.03. The van der Waals surface area contributed by atoms with Crippen LogP contribution in [-0.4, -0.2) is 9.78 Å². The SMILES string of the molecule is N#Cc1cc(NCc2ccc(Cl)cc2)n(-c2c(Cl)cc(C(F)(F)F)cc2Cl)n1. The molecule has 10 heteroatoms. The first-order valence-electron chi connectivity index (χ1n) is 7.74. The summed E-state index contributed by atoms with van der Waals surface area (Å²) < 4.78 is 40.1. The van der Waals surface area contributed by atoms with E-state index in [-0.39, 0.29) is 21.4 Å². The lowest BCUT2D eigenvalue weighted by atomic mass is 10.2. The van der Waals surface area contributed by atoms with Crippen molar-refractivity contribution in [2.45, 2.75) is 12.7 Å². The molecule has 0 aliphatic rings. The average molecular weight is 446 g/mol. The first-order valence-corrected chi connectivity index (χ1v) is 8.87. The van der Waals surface area contributed by atoms with E-state index in [2.05, 4.69) is 10.4 Å². The van der Waals surface area contributed by atoms with Gasteiger partial charge in [0.1, 0.15) is 17.6 Å². The van der Waals surface area contributed by atoms with Gasteiger partial charge in [0.15, 0.2) is 5.69 Å². The van der Waals surface area contributed by atoms with E-state index in [1.165, 1.54) is 10.7 Å². The monoisotopic (exact) mass is 444 g/mol. The molecule has 0 saturated heterocycles. The largest absolute Gasteiger partial charge is 0.416 e. The maximum atomic E-state index is 13.0. The highest BCUT2D eigenvalue weighted by molar-refractivity contribution is 6.38. The number of aromatic nitrogens is 2. The topological polar surface area (TPSA) is 53.6 Å². The zero-order valence-electron chi connectivity index (χ0n) is 13.9. The first kappa shape index (κ1) is 20.3. The predicted octanol–water partition coefficient (Wildman–Crippen LogP) is 6.34. The van der Waals surface area contributed by atoms with Crippen LogP contribution in [0.3, 0.4) is 0 Å². The van der Waals surface area contributed by atoms with Crippen LogP contribution in [-0.2, 0) is 12.7 Å². The van der Waals surface area contributed by atoms with E-state index in [9.17, 15) is 13.2 Å². The Morgan fingerprint density at radius 2 is 1.64 bits per heavy atom. The highest BCUT2D eigenvalue weighted by Crippen LogP contribution is 2.38.